The van der Waals surface area contributed by atoms with Gasteiger partial charge in [-0.15, -0.1) is 0 Å². The number of aromatic amines is 1. The van der Waals surface area contributed by atoms with Crippen LogP contribution in [0.5, 0.6) is 0 Å². The molecule has 144 valence electrons. The average molecular weight is 396 g/mol. The molecule has 0 saturated heterocycles. The number of H-pyrrole nitrogens is 1. The van der Waals surface area contributed by atoms with E-state index < -0.39 is 17.6 Å². The topological polar surface area (TPSA) is 27.8 Å². The third-order valence-corrected chi connectivity index (χ3v) is 4.43. The van der Waals surface area contributed by atoms with E-state index in [1.165, 1.54) is 6.92 Å². The molecule has 7 heteroatoms. The fraction of sp³-hybridized carbons (Fsp3) is 0.200. The Balaban J connectivity index is 0.00000126. The van der Waals surface area contributed by atoms with Crippen molar-refractivity contribution in [1.82, 2.24) is 4.98 Å². The molecule has 3 aromatic rings. The van der Waals surface area contributed by atoms with Crippen LogP contribution in [0.15, 0.2) is 59.6 Å². The summed E-state index contributed by atoms with van der Waals surface area (Å²) in [5.74, 6) is -0.941. The summed E-state index contributed by atoms with van der Waals surface area (Å²) < 4.78 is 55.1. The van der Waals surface area contributed by atoms with E-state index in [-0.39, 0.29) is 11.3 Å². The summed E-state index contributed by atoms with van der Waals surface area (Å²) in [5, 5.41) is 0. The number of nitrogens with one attached hydrogen (secondary N) is 2. The lowest BCUT2D eigenvalue weighted by molar-refractivity contribution is -0.138. The molecule has 0 spiro atoms. The Morgan fingerprint density at radius 2 is 1.67 bits per heavy atom. The third-order valence-electron chi connectivity index (χ3n) is 3.64. The minimum absolute atomic E-state index is 0.0120. The second-order valence-corrected chi connectivity index (χ2v) is 6.34. The predicted molar refractivity (Wildman–Crippen MR) is 103 cm³/mol. The number of hydrogen-bond donors (Lipinski definition) is 2. The van der Waals surface area contributed by atoms with Gasteiger partial charge in [-0.2, -0.15) is 13.2 Å². The minimum atomic E-state index is -4.57. The average Bonchev–Trinajstić information content (AvgIpc) is 3.12. The van der Waals surface area contributed by atoms with Crippen molar-refractivity contribution in [3.8, 4) is 11.3 Å². The molecule has 0 aliphatic heterocycles. The van der Waals surface area contributed by atoms with Crippen LogP contribution in [-0.4, -0.2) is 4.98 Å². The van der Waals surface area contributed by atoms with Gasteiger partial charge in [-0.05, 0) is 48.2 Å². The molecule has 1 heterocycles. The van der Waals surface area contributed by atoms with E-state index in [4.69, 9.17) is 0 Å². The smallest absolute Gasteiger partial charge is 0.360 e. The largest absolute Gasteiger partial charge is 0.416 e. The molecule has 0 fully saturated rings. The molecule has 2 N–H and O–H groups in total. The van der Waals surface area contributed by atoms with Crippen molar-refractivity contribution in [1.29, 1.82) is 0 Å². The fourth-order valence-electron chi connectivity index (χ4n) is 2.40. The summed E-state index contributed by atoms with van der Waals surface area (Å²) in [7, 11) is 0. The second-order valence-electron chi connectivity index (χ2n) is 5.46. The van der Waals surface area contributed by atoms with Gasteiger partial charge in [0.2, 0.25) is 0 Å². The lowest BCUT2D eigenvalue weighted by atomic mass is 10.1. The van der Waals surface area contributed by atoms with Crippen LogP contribution >= 0.6 is 11.9 Å². The summed E-state index contributed by atoms with van der Waals surface area (Å²) in [4.78, 5) is 3.90. The lowest BCUT2D eigenvalue weighted by Crippen LogP contribution is -2.08. The molecule has 0 radical (unpaired) electrons. The van der Waals surface area contributed by atoms with Crippen LogP contribution in [0.3, 0.4) is 0 Å². The molecule has 0 unspecified atom stereocenters. The molecular formula is C20H20F4N2S. The van der Waals surface area contributed by atoms with Gasteiger partial charge in [-0.1, -0.05) is 44.2 Å². The van der Waals surface area contributed by atoms with Crippen molar-refractivity contribution in [2.75, 3.05) is 4.72 Å². The molecule has 0 atom stereocenters. The van der Waals surface area contributed by atoms with Gasteiger partial charge in [0.05, 0.1) is 11.3 Å². The number of aryl methyl sites for hydroxylation is 1. The predicted octanol–water partition coefficient (Wildman–Crippen LogP) is 7.29. The first kappa shape index (κ1) is 20.9. The zero-order chi connectivity index (χ0) is 20.0. The van der Waals surface area contributed by atoms with Crippen molar-refractivity contribution in [3.05, 3.63) is 71.7 Å². The van der Waals surface area contributed by atoms with Gasteiger partial charge < -0.3 is 9.71 Å². The van der Waals surface area contributed by atoms with E-state index in [1.807, 2.05) is 50.2 Å². The van der Waals surface area contributed by atoms with Gasteiger partial charge in [0.25, 0.3) is 0 Å². The molecular weight excluding hydrogens is 376 g/mol. The summed E-state index contributed by atoms with van der Waals surface area (Å²) in [6.07, 6.45) is -2.82. The Morgan fingerprint density at radius 1 is 1.00 bits per heavy atom. The standard InChI is InChI=1S/C18H14F4N2S.C2H6/c1-11-7-17(15(19)9-14(11)18(20,21)22)24-25-13-8-16(23-10-13)12-5-3-2-4-6-12;1-2/h2-10,23-24H,1H3;1-2H3. The highest BCUT2D eigenvalue weighted by atomic mass is 32.2. The summed E-state index contributed by atoms with van der Waals surface area (Å²) in [6, 6.07) is 13.2. The second kappa shape index (κ2) is 8.99. The Hall–Kier alpha value is -2.41. The minimum Gasteiger partial charge on any atom is -0.360 e. The van der Waals surface area contributed by atoms with E-state index in [9.17, 15) is 17.6 Å². The molecule has 27 heavy (non-hydrogen) atoms. The zero-order valence-electron chi connectivity index (χ0n) is 15.1. The van der Waals surface area contributed by atoms with Crippen LogP contribution in [0.1, 0.15) is 25.0 Å². The number of aromatic nitrogens is 1. The number of halogens is 4. The lowest BCUT2D eigenvalue weighted by Gasteiger charge is -2.13. The van der Waals surface area contributed by atoms with Gasteiger partial charge in [0, 0.05) is 16.8 Å². The molecule has 2 nitrogen and oxygen atoms in total. The van der Waals surface area contributed by atoms with Crippen molar-refractivity contribution < 1.29 is 17.6 Å². The fourth-order valence-corrected chi connectivity index (χ4v) is 3.08. The van der Waals surface area contributed by atoms with Crippen molar-refractivity contribution in [3.63, 3.8) is 0 Å². The Labute approximate surface area is 160 Å². The van der Waals surface area contributed by atoms with Crippen LogP contribution in [0.4, 0.5) is 23.2 Å². The number of hydrogen-bond acceptors (Lipinski definition) is 2. The quantitative estimate of drug-likeness (QED) is 0.358. The summed E-state index contributed by atoms with van der Waals surface area (Å²) in [6.45, 7) is 5.31. The maximum absolute atomic E-state index is 13.9. The van der Waals surface area contributed by atoms with Gasteiger partial charge >= 0.3 is 6.18 Å². The summed E-state index contributed by atoms with van der Waals surface area (Å²) in [5.41, 5.74) is 0.919. The highest BCUT2D eigenvalue weighted by Crippen LogP contribution is 2.35. The van der Waals surface area contributed by atoms with E-state index in [1.54, 1.807) is 6.20 Å². The van der Waals surface area contributed by atoms with Crippen LogP contribution in [0.25, 0.3) is 11.3 Å². The van der Waals surface area contributed by atoms with Crippen LogP contribution < -0.4 is 4.72 Å². The Morgan fingerprint density at radius 3 is 2.30 bits per heavy atom. The molecule has 0 saturated carbocycles. The zero-order valence-corrected chi connectivity index (χ0v) is 15.9. The van der Waals surface area contributed by atoms with Gasteiger partial charge in [0.1, 0.15) is 5.82 Å². The summed E-state index contributed by atoms with van der Waals surface area (Å²) >= 11 is 1.12. The number of benzene rings is 2. The highest BCUT2D eigenvalue weighted by Gasteiger charge is 2.33. The first-order valence-corrected chi connectivity index (χ1v) is 9.20. The molecule has 0 aliphatic rings. The van der Waals surface area contributed by atoms with E-state index in [0.29, 0.717) is 6.07 Å². The first-order valence-electron chi connectivity index (χ1n) is 8.38. The van der Waals surface area contributed by atoms with Gasteiger partial charge in [0.15, 0.2) is 0 Å². The number of anilines is 1. The van der Waals surface area contributed by atoms with E-state index in [0.717, 1.165) is 34.2 Å². The third kappa shape index (κ3) is 5.29. The Bertz CT molecular complexity index is 873. The highest BCUT2D eigenvalue weighted by molar-refractivity contribution is 8.00. The van der Waals surface area contributed by atoms with Crippen LogP contribution in [0.2, 0.25) is 0 Å². The van der Waals surface area contributed by atoms with Crippen LogP contribution in [0, 0.1) is 12.7 Å². The van der Waals surface area contributed by atoms with Crippen molar-refractivity contribution in [2.24, 2.45) is 0 Å². The molecule has 3 rings (SSSR count). The molecule has 0 bridgehead atoms. The molecule has 0 amide bonds. The van der Waals surface area contributed by atoms with Crippen LogP contribution in [-0.2, 0) is 6.18 Å². The molecule has 0 aliphatic carbocycles. The van der Waals surface area contributed by atoms with E-state index in [2.05, 4.69) is 9.71 Å². The molecule has 1 aromatic heterocycles. The normalized spacial score (nSPS) is 10.9. The van der Waals surface area contributed by atoms with Gasteiger partial charge in [-0.3, -0.25) is 0 Å². The monoisotopic (exact) mass is 396 g/mol. The SMILES string of the molecule is CC.Cc1cc(NSc2c[nH]c(-c3ccccc3)c2)c(F)cc1C(F)(F)F. The van der Waals surface area contributed by atoms with Crippen molar-refractivity contribution >= 4 is 17.6 Å². The Kier molecular flexibility index (Phi) is 6.96. The maximum Gasteiger partial charge on any atom is 0.416 e. The van der Waals surface area contributed by atoms with Gasteiger partial charge in [-0.25, -0.2) is 4.39 Å². The number of alkyl halides is 3. The number of rotatable bonds is 4. The first-order chi connectivity index (χ1) is 12.8. The maximum atomic E-state index is 13.9. The van der Waals surface area contributed by atoms with Crippen molar-refractivity contribution in [2.45, 2.75) is 31.8 Å². The molecule has 2 aromatic carbocycles. The van der Waals surface area contributed by atoms with E-state index >= 15 is 0 Å².